The van der Waals surface area contributed by atoms with Gasteiger partial charge in [0.2, 0.25) is 5.91 Å². The molecule has 0 aliphatic heterocycles. The molecule has 0 radical (unpaired) electrons. The highest BCUT2D eigenvalue weighted by Gasteiger charge is 2.14. The van der Waals surface area contributed by atoms with Gasteiger partial charge >= 0.3 is 0 Å². The van der Waals surface area contributed by atoms with Crippen LogP contribution in [0.1, 0.15) is 25.3 Å². The fourth-order valence-corrected chi connectivity index (χ4v) is 1.87. The summed E-state index contributed by atoms with van der Waals surface area (Å²) in [5.41, 5.74) is 6.17. The van der Waals surface area contributed by atoms with Gasteiger partial charge in [-0.1, -0.05) is 31.5 Å². The second-order valence-corrected chi connectivity index (χ2v) is 4.35. The van der Waals surface area contributed by atoms with Crippen molar-refractivity contribution >= 4 is 5.91 Å². The third-order valence-corrected chi connectivity index (χ3v) is 2.94. The number of hydrogen-bond acceptors (Lipinski definition) is 2. The summed E-state index contributed by atoms with van der Waals surface area (Å²) in [5, 5.41) is 2.81. The molecule has 0 aliphatic carbocycles. The normalized spacial score (nSPS) is 12.2. The van der Waals surface area contributed by atoms with Crippen LogP contribution in [0.5, 0.6) is 0 Å². The summed E-state index contributed by atoms with van der Waals surface area (Å²) < 4.78 is 13.3. The zero-order valence-electron chi connectivity index (χ0n) is 10.8. The lowest BCUT2D eigenvalue weighted by Gasteiger charge is -2.13. The fourth-order valence-electron chi connectivity index (χ4n) is 1.87. The van der Waals surface area contributed by atoms with Crippen molar-refractivity contribution in [2.45, 2.75) is 26.2 Å². The van der Waals surface area contributed by atoms with Crippen LogP contribution in [-0.2, 0) is 11.2 Å². The molecular weight excluding hydrogens is 231 g/mol. The molecule has 0 fully saturated rings. The topological polar surface area (TPSA) is 55.1 Å². The molecule has 4 heteroatoms. The third kappa shape index (κ3) is 4.45. The maximum Gasteiger partial charge on any atom is 0.224 e. The van der Waals surface area contributed by atoms with E-state index in [1.54, 1.807) is 18.2 Å². The summed E-state index contributed by atoms with van der Waals surface area (Å²) in [6, 6.07) is 6.61. The quantitative estimate of drug-likeness (QED) is 0.778. The number of benzene rings is 1. The predicted octanol–water partition coefficient (Wildman–Crippen LogP) is 1.86. The van der Waals surface area contributed by atoms with Gasteiger partial charge in [0.25, 0.3) is 0 Å². The molecule has 0 bridgehead atoms. The number of rotatable bonds is 7. The smallest absolute Gasteiger partial charge is 0.224 e. The number of hydrogen-bond donors (Lipinski definition) is 2. The zero-order valence-corrected chi connectivity index (χ0v) is 10.8. The Kier molecular flexibility index (Phi) is 6.36. The summed E-state index contributed by atoms with van der Waals surface area (Å²) in [4.78, 5) is 11.8. The Labute approximate surface area is 108 Å². The first kappa shape index (κ1) is 14.6. The lowest BCUT2D eigenvalue weighted by Crippen LogP contribution is -2.36. The van der Waals surface area contributed by atoms with E-state index in [2.05, 4.69) is 5.32 Å². The van der Waals surface area contributed by atoms with Crippen molar-refractivity contribution in [1.29, 1.82) is 0 Å². The maximum absolute atomic E-state index is 13.3. The van der Waals surface area contributed by atoms with Crippen molar-refractivity contribution in [3.8, 4) is 0 Å². The molecule has 1 amide bonds. The van der Waals surface area contributed by atoms with Crippen LogP contribution in [0, 0.1) is 11.7 Å². The predicted molar refractivity (Wildman–Crippen MR) is 70.6 cm³/mol. The van der Waals surface area contributed by atoms with Crippen LogP contribution in [-0.4, -0.2) is 19.0 Å². The number of amides is 1. The molecule has 18 heavy (non-hydrogen) atoms. The highest BCUT2D eigenvalue weighted by atomic mass is 19.1. The molecule has 1 unspecified atom stereocenters. The van der Waals surface area contributed by atoms with Crippen molar-refractivity contribution < 1.29 is 9.18 Å². The van der Waals surface area contributed by atoms with Gasteiger partial charge in [0.05, 0.1) is 5.92 Å². The maximum atomic E-state index is 13.3. The van der Waals surface area contributed by atoms with Crippen LogP contribution >= 0.6 is 0 Å². The molecule has 1 rings (SSSR count). The van der Waals surface area contributed by atoms with E-state index in [0.717, 1.165) is 12.8 Å². The van der Waals surface area contributed by atoms with Gasteiger partial charge in [-0.15, -0.1) is 0 Å². The molecular formula is C14H21FN2O. The summed E-state index contributed by atoms with van der Waals surface area (Å²) in [6.45, 7) is 2.83. The second-order valence-electron chi connectivity index (χ2n) is 4.35. The van der Waals surface area contributed by atoms with Crippen LogP contribution in [0.4, 0.5) is 4.39 Å². The second kappa shape index (κ2) is 7.82. The largest absolute Gasteiger partial charge is 0.355 e. The molecule has 1 aromatic rings. The molecule has 100 valence electrons. The van der Waals surface area contributed by atoms with Crippen LogP contribution < -0.4 is 11.1 Å². The average Bonchev–Trinajstić information content (AvgIpc) is 2.38. The molecule has 3 nitrogen and oxygen atoms in total. The van der Waals surface area contributed by atoms with Gasteiger partial charge in [-0.2, -0.15) is 0 Å². The summed E-state index contributed by atoms with van der Waals surface area (Å²) in [5.74, 6) is -0.387. The van der Waals surface area contributed by atoms with Crippen LogP contribution in [0.2, 0.25) is 0 Å². The van der Waals surface area contributed by atoms with E-state index in [1.165, 1.54) is 6.07 Å². The van der Waals surface area contributed by atoms with E-state index < -0.39 is 0 Å². The van der Waals surface area contributed by atoms with Gasteiger partial charge in [-0.05, 0) is 24.5 Å². The lowest BCUT2D eigenvalue weighted by molar-refractivity contribution is -0.124. The molecule has 0 saturated carbocycles. The van der Waals surface area contributed by atoms with Crippen molar-refractivity contribution in [2.24, 2.45) is 11.7 Å². The Hall–Kier alpha value is -1.42. The Morgan fingerprint density at radius 2 is 2.17 bits per heavy atom. The van der Waals surface area contributed by atoms with Crippen LogP contribution in [0.25, 0.3) is 0 Å². The SMILES string of the molecule is CCCC(CN)C(=O)NCCc1ccccc1F. The van der Waals surface area contributed by atoms with E-state index >= 15 is 0 Å². The Bertz CT molecular complexity index is 382. The first-order valence-corrected chi connectivity index (χ1v) is 6.40. The molecule has 0 heterocycles. The van der Waals surface area contributed by atoms with Gasteiger partial charge < -0.3 is 11.1 Å². The van der Waals surface area contributed by atoms with Crippen molar-refractivity contribution in [3.05, 3.63) is 35.6 Å². The van der Waals surface area contributed by atoms with Gasteiger partial charge in [0, 0.05) is 13.1 Å². The molecule has 0 spiro atoms. The summed E-state index contributed by atoms with van der Waals surface area (Å²) in [7, 11) is 0. The monoisotopic (exact) mass is 252 g/mol. The summed E-state index contributed by atoms with van der Waals surface area (Å²) >= 11 is 0. The molecule has 3 N–H and O–H groups in total. The first-order valence-electron chi connectivity index (χ1n) is 6.40. The number of halogens is 1. The first-order chi connectivity index (χ1) is 8.69. The number of nitrogens with two attached hydrogens (primary N) is 1. The van der Waals surface area contributed by atoms with E-state index in [0.29, 0.717) is 25.1 Å². The molecule has 0 aliphatic rings. The number of nitrogens with one attached hydrogen (secondary N) is 1. The molecule has 1 aromatic carbocycles. The van der Waals surface area contributed by atoms with Crippen LogP contribution in [0.3, 0.4) is 0 Å². The Morgan fingerprint density at radius 1 is 1.44 bits per heavy atom. The average molecular weight is 252 g/mol. The van der Waals surface area contributed by atoms with E-state index in [9.17, 15) is 9.18 Å². The number of carbonyl (C=O) groups excluding carboxylic acids is 1. The molecule has 1 atom stereocenters. The minimum absolute atomic E-state index is 0.0318. The van der Waals surface area contributed by atoms with E-state index in [1.807, 2.05) is 6.92 Å². The van der Waals surface area contributed by atoms with Gasteiger partial charge in [0.15, 0.2) is 0 Å². The van der Waals surface area contributed by atoms with Crippen molar-refractivity contribution in [2.75, 3.05) is 13.1 Å². The Balaban J connectivity index is 2.37. The molecule has 0 aromatic heterocycles. The van der Waals surface area contributed by atoms with E-state index in [4.69, 9.17) is 5.73 Å². The minimum atomic E-state index is -0.226. The van der Waals surface area contributed by atoms with Gasteiger partial charge in [-0.25, -0.2) is 4.39 Å². The molecule has 0 saturated heterocycles. The third-order valence-electron chi connectivity index (χ3n) is 2.94. The van der Waals surface area contributed by atoms with Crippen LogP contribution in [0.15, 0.2) is 24.3 Å². The van der Waals surface area contributed by atoms with E-state index in [-0.39, 0.29) is 17.6 Å². The number of carbonyl (C=O) groups is 1. The van der Waals surface area contributed by atoms with Gasteiger partial charge in [-0.3, -0.25) is 4.79 Å². The summed E-state index contributed by atoms with van der Waals surface area (Å²) in [6.07, 6.45) is 2.23. The minimum Gasteiger partial charge on any atom is -0.355 e. The van der Waals surface area contributed by atoms with Crippen molar-refractivity contribution in [3.63, 3.8) is 0 Å². The van der Waals surface area contributed by atoms with Gasteiger partial charge in [0.1, 0.15) is 5.82 Å². The fraction of sp³-hybridized carbons (Fsp3) is 0.500. The van der Waals surface area contributed by atoms with Crippen molar-refractivity contribution in [1.82, 2.24) is 5.32 Å². The standard InChI is InChI=1S/C14H21FN2O/c1-2-5-12(10-16)14(18)17-9-8-11-6-3-4-7-13(11)15/h3-4,6-7,12H,2,5,8-10,16H2,1H3,(H,17,18). The highest BCUT2D eigenvalue weighted by molar-refractivity contribution is 5.78. The lowest BCUT2D eigenvalue weighted by atomic mass is 10.0. The zero-order chi connectivity index (χ0) is 13.4. The highest BCUT2D eigenvalue weighted by Crippen LogP contribution is 2.07. The Morgan fingerprint density at radius 3 is 2.78 bits per heavy atom.